The smallest absolute Gasteiger partial charge is 0.306 e. The van der Waals surface area contributed by atoms with Crippen LogP contribution in [0.3, 0.4) is 0 Å². The second-order valence-corrected chi connectivity index (χ2v) is 28.2. The predicted octanol–water partition coefficient (Wildman–Crippen LogP) is 23.5. The summed E-state index contributed by atoms with van der Waals surface area (Å²) in [6.07, 6.45) is 86.3. The van der Waals surface area contributed by atoms with Gasteiger partial charge < -0.3 is 28.5 Å². The SMILES string of the molecule is CCCCC/C=C\C/C=C\C/C=C\CCCCCCCCCCCCC(=O)NC(COP(=O)([O-])OCC[N+](C)(C)C)C(/C=C/CCCCCCCCCCCCC)OC(=O)CCCCCCCCCCCCCCCCC/C=C/CCCCCCCC. The first-order valence-electron chi connectivity index (χ1n) is 37.6. The summed E-state index contributed by atoms with van der Waals surface area (Å²) in [6.45, 7) is 6.86. The summed E-state index contributed by atoms with van der Waals surface area (Å²) < 4.78 is 30.5. The Morgan fingerprint density at radius 2 is 0.701 bits per heavy atom. The van der Waals surface area contributed by atoms with Crippen molar-refractivity contribution >= 4 is 19.7 Å². The lowest BCUT2D eigenvalue weighted by Crippen LogP contribution is -2.47. The molecular weight excluding hydrogens is 1100 g/mol. The molecule has 0 bridgehead atoms. The fourth-order valence-corrected chi connectivity index (χ4v) is 11.8. The van der Waals surface area contributed by atoms with Gasteiger partial charge in [0.1, 0.15) is 19.3 Å². The van der Waals surface area contributed by atoms with E-state index >= 15 is 0 Å². The Morgan fingerprint density at radius 3 is 1.08 bits per heavy atom. The number of amides is 1. The third-order valence-corrected chi connectivity index (χ3v) is 17.9. The topological polar surface area (TPSA) is 114 Å². The van der Waals surface area contributed by atoms with Crippen molar-refractivity contribution in [3.05, 3.63) is 60.8 Å². The molecule has 0 aromatic heterocycles. The zero-order valence-corrected chi connectivity index (χ0v) is 59.4. The summed E-state index contributed by atoms with van der Waals surface area (Å²) in [7, 11) is 1.19. The summed E-state index contributed by atoms with van der Waals surface area (Å²) in [5.74, 6) is -0.529. The molecule has 0 saturated carbocycles. The first kappa shape index (κ1) is 84.7. The fraction of sp³-hybridized carbons (Fsp3) is 0.844. The molecule has 0 heterocycles. The summed E-state index contributed by atoms with van der Waals surface area (Å²) in [6, 6.07) is -0.892. The lowest BCUT2D eigenvalue weighted by Gasteiger charge is -2.30. The van der Waals surface area contributed by atoms with Gasteiger partial charge in [-0.2, -0.15) is 0 Å². The highest BCUT2D eigenvalue weighted by molar-refractivity contribution is 7.45. The number of quaternary nitrogens is 1. The Bertz CT molecular complexity index is 1670. The molecule has 0 aliphatic heterocycles. The Morgan fingerprint density at radius 1 is 0.402 bits per heavy atom. The zero-order valence-electron chi connectivity index (χ0n) is 58.5. The highest BCUT2D eigenvalue weighted by atomic mass is 31.2. The van der Waals surface area contributed by atoms with Crippen LogP contribution in [0.15, 0.2) is 60.8 Å². The van der Waals surface area contributed by atoms with Crippen LogP contribution in [-0.2, 0) is 27.9 Å². The number of nitrogens with one attached hydrogen (secondary N) is 1. The van der Waals surface area contributed by atoms with Gasteiger partial charge in [-0.05, 0) is 96.0 Å². The number of carbonyl (C=O) groups excluding carboxylic acids is 2. The number of allylic oxidation sites excluding steroid dienone is 9. The molecule has 0 spiro atoms. The summed E-state index contributed by atoms with van der Waals surface area (Å²) >= 11 is 0. The van der Waals surface area contributed by atoms with Gasteiger partial charge in [-0.25, -0.2) is 0 Å². The number of phosphoric acid groups is 1. The van der Waals surface area contributed by atoms with Crippen molar-refractivity contribution in [2.75, 3.05) is 40.9 Å². The second-order valence-electron chi connectivity index (χ2n) is 26.8. The van der Waals surface area contributed by atoms with E-state index in [1.54, 1.807) is 0 Å². The van der Waals surface area contributed by atoms with Gasteiger partial charge >= 0.3 is 5.97 Å². The molecule has 0 radical (unpaired) electrons. The van der Waals surface area contributed by atoms with Crippen molar-refractivity contribution in [1.29, 1.82) is 0 Å². The molecule has 0 saturated heterocycles. The average molecular weight is 1240 g/mol. The summed E-state index contributed by atoms with van der Waals surface area (Å²) in [5, 5.41) is 3.05. The van der Waals surface area contributed by atoms with Crippen molar-refractivity contribution in [3.8, 4) is 0 Å². The quantitative estimate of drug-likeness (QED) is 0.0212. The standard InChI is InChI=1S/C77H145N2O7P/c1-7-10-13-16-19-22-25-28-30-32-34-36-38-39-41-43-45-47-49-52-55-58-61-64-67-70-77(81)86-75(68-65-62-59-56-53-50-27-24-21-18-15-12-9-3)74(73-85-87(82,83)84-72-71-79(4,5)6)78-76(80)69-66-63-60-57-54-51-48-46-44-42-40-37-35-33-31-29-26-23-20-17-14-11-8-2/h20,23,28-31,35,37,65,68,74-75H,7-19,21-22,24-27,32-34,36,38-64,66-67,69-73H2,1-6H3,(H-,78,80,82,83)/b23-20-,30-28+,31-29-,37-35-,68-65+. The average Bonchev–Trinajstić information content (AvgIpc) is 3.69. The van der Waals surface area contributed by atoms with E-state index in [1.807, 2.05) is 33.3 Å². The normalized spacial score (nSPS) is 13.8. The molecule has 0 aromatic carbocycles. The number of hydrogen-bond donors (Lipinski definition) is 1. The second kappa shape index (κ2) is 66.6. The van der Waals surface area contributed by atoms with Crippen LogP contribution in [0.5, 0.6) is 0 Å². The molecule has 510 valence electrons. The van der Waals surface area contributed by atoms with E-state index in [0.29, 0.717) is 17.4 Å². The van der Waals surface area contributed by atoms with Gasteiger partial charge in [-0.15, -0.1) is 0 Å². The number of hydrogen-bond acceptors (Lipinski definition) is 7. The number of carbonyl (C=O) groups is 2. The van der Waals surface area contributed by atoms with Gasteiger partial charge in [0.25, 0.3) is 7.82 Å². The van der Waals surface area contributed by atoms with Crippen molar-refractivity contribution in [2.45, 2.75) is 380 Å². The van der Waals surface area contributed by atoms with E-state index in [1.165, 1.54) is 257 Å². The van der Waals surface area contributed by atoms with Crippen LogP contribution in [0.4, 0.5) is 0 Å². The molecule has 87 heavy (non-hydrogen) atoms. The number of unbranched alkanes of at least 4 members (excludes halogenated alkanes) is 45. The summed E-state index contributed by atoms with van der Waals surface area (Å²) in [5.41, 5.74) is 0. The van der Waals surface area contributed by atoms with Crippen LogP contribution >= 0.6 is 7.82 Å². The first-order chi connectivity index (χ1) is 42.4. The predicted molar refractivity (Wildman–Crippen MR) is 376 cm³/mol. The van der Waals surface area contributed by atoms with Crippen LogP contribution in [0.25, 0.3) is 0 Å². The van der Waals surface area contributed by atoms with Crippen LogP contribution in [0, 0.1) is 0 Å². The molecular formula is C77H145N2O7P. The molecule has 1 N–H and O–H groups in total. The fourth-order valence-electron chi connectivity index (χ4n) is 11.1. The van der Waals surface area contributed by atoms with Gasteiger partial charge in [-0.3, -0.25) is 14.2 Å². The van der Waals surface area contributed by atoms with E-state index in [-0.39, 0.29) is 31.5 Å². The molecule has 1 amide bonds. The minimum atomic E-state index is -4.71. The van der Waals surface area contributed by atoms with Gasteiger partial charge in [0.15, 0.2) is 0 Å². The first-order valence-corrected chi connectivity index (χ1v) is 39.1. The number of rotatable bonds is 69. The zero-order chi connectivity index (χ0) is 63.5. The monoisotopic (exact) mass is 1240 g/mol. The Labute approximate surface area is 541 Å². The largest absolute Gasteiger partial charge is 0.756 e. The highest BCUT2D eigenvalue weighted by Gasteiger charge is 2.27. The minimum Gasteiger partial charge on any atom is -0.756 e. The van der Waals surface area contributed by atoms with Crippen LogP contribution in [0.2, 0.25) is 0 Å². The number of likely N-dealkylation sites (N-methyl/N-ethyl adjacent to an activating group) is 1. The molecule has 0 aliphatic rings. The summed E-state index contributed by atoms with van der Waals surface area (Å²) in [4.78, 5) is 40.3. The molecule has 0 aliphatic carbocycles. The van der Waals surface area contributed by atoms with E-state index in [0.717, 1.165) is 77.0 Å². The molecule has 0 rings (SSSR count). The number of phosphoric ester groups is 1. The van der Waals surface area contributed by atoms with Gasteiger partial charge in [-0.1, -0.05) is 319 Å². The Kier molecular flexibility index (Phi) is 64.9. The number of esters is 1. The molecule has 3 atom stereocenters. The van der Waals surface area contributed by atoms with E-state index in [9.17, 15) is 19.0 Å². The van der Waals surface area contributed by atoms with E-state index in [4.69, 9.17) is 13.8 Å². The maximum absolute atomic E-state index is 13.6. The van der Waals surface area contributed by atoms with E-state index in [2.05, 4.69) is 74.7 Å². The molecule has 10 heteroatoms. The molecule has 0 aromatic rings. The highest BCUT2D eigenvalue weighted by Crippen LogP contribution is 2.38. The van der Waals surface area contributed by atoms with Crippen molar-refractivity contribution in [2.24, 2.45) is 0 Å². The third-order valence-electron chi connectivity index (χ3n) is 16.9. The number of ether oxygens (including phenoxy) is 1. The minimum absolute atomic E-state index is 0.0226. The lowest BCUT2D eigenvalue weighted by molar-refractivity contribution is -0.870. The molecule has 3 unspecified atom stereocenters. The maximum atomic E-state index is 13.6. The molecule has 9 nitrogen and oxygen atoms in total. The van der Waals surface area contributed by atoms with Crippen molar-refractivity contribution in [3.63, 3.8) is 0 Å². The van der Waals surface area contributed by atoms with Crippen LogP contribution < -0.4 is 10.2 Å². The lowest BCUT2D eigenvalue weighted by atomic mass is 10.0. The van der Waals surface area contributed by atoms with Crippen molar-refractivity contribution < 1.29 is 37.3 Å². The number of nitrogens with zero attached hydrogens (tertiary/aromatic N) is 1. The van der Waals surface area contributed by atoms with Gasteiger partial charge in [0.05, 0.1) is 33.8 Å². The third kappa shape index (κ3) is 67.9. The Balaban J connectivity index is 5.04. The Hall–Kier alpha value is -2.29. The van der Waals surface area contributed by atoms with Crippen molar-refractivity contribution in [1.82, 2.24) is 5.32 Å². The van der Waals surface area contributed by atoms with Crippen LogP contribution in [0.1, 0.15) is 367 Å². The van der Waals surface area contributed by atoms with Gasteiger partial charge in [0.2, 0.25) is 5.91 Å². The maximum Gasteiger partial charge on any atom is 0.306 e. The van der Waals surface area contributed by atoms with Crippen LogP contribution in [-0.4, -0.2) is 69.4 Å². The van der Waals surface area contributed by atoms with Gasteiger partial charge in [0, 0.05) is 12.8 Å². The van der Waals surface area contributed by atoms with E-state index < -0.39 is 20.0 Å². The molecule has 0 fully saturated rings.